The Morgan fingerprint density at radius 2 is 1.68 bits per heavy atom. The molecule has 1 fully saturated rings. The van der Waals surface area contributed by atoms with Crippen LogP contribution in [0.4, 0.5) is 0 Å². The van der Waals surface area contributed by atoms with E-state index in [1.54, 1.807) is 31.4 Å². The van der Waals surface area contributed by atoms with Gasteiger partial charge in [0.2, 0.25) is 5.60 Å². The molecule has 0 aromatic heterocycles. The lowest BCUT2D eigenvalue weighted by molar-refractivity contribution is -0.921. The number of carbonyl (C=O) groups excluding carboxylic acids is 1. The summed E-state index contributed by atoms with van der Waals surface area (Å²) < 4.78 is 11.8. The zero-order valence-corrected chi connectivity index (χ0v) is 16.7. The van der Waals surface area contributed by atoms with E-state index in [0.717, 1.165) is 30.4 Å². The highest BCUT2D eigenvalue weighted by molar-refractivity contribution is 5.85. The van der Waals surface area contributed by atoms with Crippen molar-refractivity contribution in [2.24, 2.45) is 0 Å². The molecular formula is C23H30NO4+. The molecule has 0 saturated carbocycles. The van der Waals surface area contributed by atoms with Crippen molar-refractivity contribution in [3.8, 4) is 0 Å². The van der Waals surface area contributed by atoms with Crippen molar-refractivity contribution >= 4 is 5.97 Å². The normalized spacial score (nSPS) is 22.2. The summed E-state index contributed by atoms with van der Waals surface area (Å²) in [4.78, 5) is 13.1. The monoisotopic (exact) mass is 384 g/mol. The van der Waals surface area contributed by atoms with Gasteiger partial charge in [0, 0.05) is 20.0 Å². The van der Waals surface area contributed by atoms with Crippen molar-refractivity contribution in [3.05, 3.63) is 71.8 Å². The molecule has 1 aliphatic rings. The van der Waals surface area contributed by atoms with E-state index in [4.69, 9.17) is 9.47 Å². The first-order valence-electron chi connectivity index (χ1n) is 9.84. The first-order valence-corrected chi connectivity index (χ1v) is 9.84. The van der Waals surface area contributed by atoms with Gasteiger partial charge in [0.15, 0.2) is 0 Å². The highest BCUT2D eigenvalue weighted by Gasteiger charge is 2.44. The molecule has 1 N–H and O–H groups in total. The standard InChI is InChI=1S/C23H30NO4/c1-24(16-17-27-2)15-9-14-21(24)18-28-22(25)23(26,19-10-5-3-6-11-19)20-12-7-4-8-13-20/h3-8,10-13,21,26H,9,14-18H2,1-2H3/q+1/t21-,24?/m1/s1. The van der Waals surface area contributed by atoms with Gasteiger partial charge in [-0.2, -0.15) is 0 Å². The van der Waals surface area contributed by atoms with Gasteiger partial charge in [0.1, 0.15) is 19.2 Å². The first-order chi connectivity index (χ1) is 13.5. The lowest BCUT2D eigenvalue weighted by atomic mass is 9.86. The molecule has 5 nitrogen and oxygen atoms in total. The first kappa shape index (κ1) is 20.5. The number of benzene rings is 2. The summed E-state index contributed by atoms with van der Waals surface area (Å²) in [6.07, 6.45) is 2.10. The van der Waals surface area contributed by atoms with E-state index in [1.165, 1.54) is 0 Å². The molecule has 5 heteroatoms. The predicted molar refractivity (Wildman–Crippen MR) is 108 cm³/mol. The Balaban J connectivity index is 1.79. The second-order valence-corrected chi connectivity index (χ2v) is 7.76. The van der Waals surface area contributed by atoms with Crippen LogP contribution in [0.2, 0.25) is 0 Å². The molecule has 2 aromatic rings. The zero-order chi connectivity index (χ0) is 20.0. The van der Waals surface area contributed by atoms with Crippen molar-refractivity contribution in [3.63, 3.8) is 0 Å². The van der Waals surface area contributed by atoms with Gasteiger partial charge in [-0.15, -0.1) is 0 Å². The van der Waals surface area contributed by atoms with E-state index in [-0.39, 0.29) is 6.04 Å². The lowest BCUT2D eigenvalue weighted by Gasteiger charge is -2.36. The maximum absolute atomic E-state index is 13.1. The maximum Gasteiger partial charge on any atom is 0.347 e. The largest absolute Gasteiger partial charge is 0.457 e. The van der Waals surface area contributed by atoms with E-state index in [9.17, 15) is 9.90 Å². The van der Waals surface area contributed by atoms with Crippen LogP contribution in [0.25, 0.3) is 0 Å². The van der Waals surface area contributed by atoms with Gasteiger partial charge in [-0.25, -0.2) is 4.79 Å². The van der Waals surface area contributed by atoms with E-state index in [1.807, 2.05) is 36.4 Å². The Labute approximate surface area is 167 Å². The lowest BCUT2D eigenvalue weighted by Crippen LogP contribution is -2.52. The Kier molecular flexibility index (Phi) is 6.50. The SMILES string of the molecule is COCC[N+]1(C)CCC[C@@H]1COC(=O)C(O)(c1ccccc1)c1ccccc1. The van der Waals surface area contributed by atoms with Gasteiger partial charge >= 0.3 is 5.97 Å². The third-order valence-electron chi connectivity index (χ3n) is 5.98. The molecule has 1 unspecified atom stereocenters. The number of methoxy groups -OCH3 is 1. The summed E-state index contributed by atoms with van der Waals surface area (Å²) in [6.45, 7) is 2.91. The van der Waals surface area contributed by atoms with Gasteiger partial charge in [0.25, 0.3) is 0 Å². The number of hydrogen-bond donors (Lipinski definition) is 1. The molecule has 0 radical (unpaired) electrons. The molecule has 2 atom stereocenters. The van der Waals surface area contributed by atoms with Gasteiger partial charge < -0.3 is 19.1 Å². The summed E-state index contributed by atoms with van der Waals surface area (Å²) in [5, 5.41) is 11.5. The van der Waals surface area contributed by atoms with Crippen LogP contribution in [0.15, 0.2) is 60.7 Å². The fourth-order valence-corrected chi connectivity index (χ4v) is 4.08. The number of likely N-dealkylation sites (N-methyl/N-ethyl adjacent to an activating group) is 1. The molecule has 0 amide bonds. The van der Waals surface area contributed by atoms with Crippen molar-refractivity contribution in [2.45, 2.75) is 24.5 Å². The highest BCUT2D eigenvalue weighted by atomic mass is 16.6. The molecule has 28 heavy (non-hydrogen) atoms. The molecule has 0 bridgehead atoms. The van der Waals surface area contributed by atoms with Crippen molar-refractivity contribution < 1.29 is 23.9 Å². The number of carbonyl (C=O) groups is 1. The molecule has 0 spiro atoms. The number of aliphatic hydroxyl groups is 1. The van der Waals surface area contributed by atoms with E-state index >= 15 is 0 Å². The van der Waals surface area contributed by atoms with Crippen molar-refractivity contribution in [1.29, 1.82) is 0 Å². The van der Waals surface area contributed by atoms with Crippen LogP contribution >= 0.6 is 0 Å². The van der Waals surface area contributed by atoms with Gasteiger partial charge in [-0.1, -0.05) is 60.7 Å². The van der Waals surface area contributed by atoms with Crippen LogP contribution in [-0.2, 0) is 19.9 Å². The molecule has 1 saturated heterocycles. The third-order valence-corrected chi connectivity index (χ3v) is 5.98. The molecule has 150 valence electrons. The van der Waals surface area contributed by atoms with Crippen LogP contribution in [0.1, 0.15) is 24.0 Å². The summed E-state index contributed by atoms with van der Waals surface area (Å²) in [7, 11) is 3.89. The average molecular weight is 384 g/mol. The molecule has 3 rings (SSSR count). The van der Waals surface area contributed by atoms with Crippen LogP contribution in [0, 0.1) is 0 Å². The van der Waals surface area contributed by atoms with E-state index in [2.05, 4.69) is 7.05 Å². The Morgan fingerprint density at radius 3 is 2.21 bits per heavy atom. The van der Waals surface area contributed by atoms with Crippen LogP contribution < -0.4 is 0 Å². The summed E-state index contributed by atoms with van der Waals surface area (Å²) >= 11 is 0. The van der Waals surface area contributed by atoms with E-state index in [0.29, 0.717) is 24.3 Å². The summed E-state index contributed by atoms with van der Waals surface area (Å²) in [6, 6.07) is 18.2. The number of rotatable bonds is 8. The number of quaternary nitrogens is 1. The summed E-state index contributed by atoms with van der Waals surface area (Å²) in [5.41, 5.74) is -0.805. The number of nitrogens with zero attached hydrogens (tertiary/aromatic N) is 1. The van der Waals surface area contributed by atoms with Crippen LogP contribution in [0.5, 0.6) is 0 Å². The second kappa shape index (κ2) is 8.86. The zero-order valence-electron chi connectivity index (χ0n) is 16.7. The second-order valence-electron chi connectivity index (χ2n) is 7.76. The van der Waals surface area contributed by atoms with Gasteiger partial charge in [-0.05, 0) is 11.1 Å². The number of esters is 1. The van der Waals surface area contributed by atoms with Gasteiger partial charge in [0.05, 0.1) is 20.2 Å². The highest BCUT2D eigenvalue weighted by Crippen LogP contribution is 2.32. The third kappa shape index (κ3) is 4.12. The van der Waals surface area contributed by atoms with Crippen LogP contribution in [-0.4, -0.2) is 62.1 Å². The molecule has 0 aliphatic carbocycles. The van der Waals surface area contributed by atoms with Crippen molar-refractivity contribution in [1.82, 2.24) is 0 Å². The quantitative estimate of drug-likeness (QED) is 0.562. The smallest absolute Gasteiger partial charge is 0.347 e. The van der Waals surface area contributed by atoms with Crippen LogP contribution in [0.3, 0.4) is 0 Å². The topological polar surface area (TPSA) is 55.8 Å². The molecule has 1 heterocycles. The van der Waals surface area contributed by atoms with Crippen molar-refractivity contribution in [2.75, 3.05) is 40.5 Å². The molecular weight excluding hydrogens is 354 g/mol. The Hall–Kier alpha value is -2.21. The minimum atomic E-state index is -1.82. The average Bonchev–Trinajstić information content (AvgIpc) is 3.11. The summed E-state index contributed by atoms with van der Waals surface area (Å²) in [5.74, 6) is -0.630. The Bertz CT molecular complexity index is 725. The number of ether oxygens (including phenoxy) is 2. The minimum absolute atomic E-state index is 0.217. The minimum Gasteiger partial charge on any atom is -0.457 e. The van der Waals surface area contributed by atoms with Gasteiger partial charge in [-0.3, -0.25) is 0 Å². The predicted octanol–water partition coefficient (Wildman–Crippen LogP) is 2.72. The number of hydrogen-bond acceptors (Lipinski definition) is 4. The maximum atomic E-state index is 13.1. The fourth-order valence-electron chi connectivity index (χ4n) is 4.08. The number of likely N-dealkylation sites (tertiary alicyclic amines) is 1. The molecule has 1 aliphatic heterocycles. The molecule has 2 aromatic carbocycles. The fraction of sp³-hybridized carbons (Fsp3) is 0.435. The Morgan fingerprint density at radius 1 is 1.11 bits per heavy atom. The van der Waals surface area contributed by atoms with E-state index < -0.39 is 11.6 Å².